The summed E-state index contributed by atoms with van der Waals surface area (Å²) >= 11 is 0. The highest BCUT2D eigenvalue weighted by atomic mass is 16.2. The molecule has 1 amide bonds. The summed E-state index contributed by atoms with van der Waals surface area (Å²) in [4.78, 5) is 30.7. The molecular weight excluding hydrogens is 360 g/mol. The van der Waals surface area contributed by atoms with E-state index >= 15 is 0 Å². The Balaban J connectivity index is 1.79. The van der Waals surface area contributed by atoms with E-state index in [1.807, 2.05) is 86.6 Å². The van der Waals surface area contributed by atoms with Crippen molar-refractivity contribution in [2.24, 2.45) is 0 Å². The Kier molecular flexibility index (Phi) is 5.00. The fourth-order valence-corrected chi connectivity index (χ4v) is 3.54. The number of aromatic nitrogens is 1. The van der Waals surface area contributed by atoms with Crippen LogP contribution in [0.25, 0.3) is 10.9 Å². The predicted octanol–water partition coefficient (Wildman–Crippen LogP) is 4.99. The molecule has 4 nitrogen and oxygen atoms in total. The maximum Gasteiger partial charge on any atom is 0.258 e. The summed E-state index contributed by atoms with van der Waals surface area (Å²) in [5, 5.41) is 0.954. The van der Waals surface area contributed by atoms with E-state index < -0.39 is 0 Å². The van der Waals surface area contributed by atoms with Gasteiger partial charge in [-0.15, -0.1) is 0 Å². The van der Waals surface area contributed by atoms with E-state index in [-0.39, 0.29) is 18.0 Å². The number of H-pyrrole nitrogens is 1. The van der Waals surface area contributed by atoms with Crippen molar-refractivity contribution in [1.29, 1.82) is 0 Å². The molecule has 4 aromatic rings. The van der Waals surface area contributed by atoms with E-state index in [1.54, 1.807) is 11.0 Å². The first-order chi connectivity index (χ1) is 14.0. The minimum Gasteiger partial charge on any atom is -0.321 e. The number of anilines is 1. The van der Waals surface area contributed by atoms with Gasteiger partial charge in [0.2, 0.25) is 0 Å². The van der Waals surface area contributed by atoms with Gasteiger partial charge in [-0.1, -0.05) is 54.1 Å². The zero-order chi connectivity index (χ0) is 20.4. The van der Waals surface area contributed by atoms with E-state index in [1.165, 1.54) is 0 Å². The van der Waals surface area contributed by atoms with Crippen molar-refractivity contribution < 1.29 is 4.79 Å². The number of carbonyl (C=O) groups excluding carboxylic acids is 1. The Labute approximate surface area is 169 Å². The number of aryl methyl sites for hydroxylation is 2. The molecule has 4 rings (SSSR count). The minimum atomic E-state index is -0.176. The first-order valence-corrected chi connectivity index (χ1v) is 9.58. The quantitative estimate of drug-likeness (QED) is 0.540. The molecule has 1 aromatic heterocycles. The number of carbonyl (C=O) groups is 1. The Morgan fingerprint density at radius 3 is 2.41 bits per heavy atom. The lowest BCUT2D eigenvalue weighted by molar-refractivity contribution is 0.0985. The smallest absolute Gasteiger partial charge is 0.258 e. The number of para-hydroxylation sites is 2. The van der Waals surface area contributed by atoms with Crippen LogP contribution < -0.4 is 10.5 Å². The van der Waals surface area contributed by atoms with Crippen LogP contribution in [-0.4, -0.2) is 10.9 Å². The maximum absolute atomic E-state index is 13.3. The van der Waals surface area contributed by atoms with Crippen molar-refractivity contribution in [3.63, 3.8) is 0 Å². The number of nitrogens with one attached hydrogen (secondary N) is 1. The molecule has 0 aliphatic heterocycles. The summed E-state index contributed by atoms with van der Waals surface area (Å²) in [6.07, 6.45) is 0. The third kappa shape index (κ3) is 3.83. The van der Waals surface area contributed by atoms with Gasteiger partial charge in [-0.05, 0) is 55.1 Å². The Morgan fingerprint density at radius 1 is 0.897 bits per heavy atom. The van der Waals surface area contributed by atoms with E-state index in [2.05, 4.69) is 4.98 Å². The standard InChI is InChI=1S/C25H22N2O2/c1-17-8-6-11-20(14-17)25(29)27(22-12-4-3-5-13-22)16-21-15-19-10-7-9-18(2)23(19)26-24(21)28/h3-15H,16H2,1-2H3,(H,26,28). The average Bonchev–Trinajstić information content (AvgIpc) is 2.73. The summed E-state index contributed by atoms with van der Waals surface area (Å²) in [5.41, 5.74) is 4.59. The summed E-state index contributed by atoms with van der Waals surface area (Å²) in [5.74, 6) is -0.136. The molecule has 144 valence electrons. The number of amides is 1. The number of rotatable bonds is 4. The third-order valence-electron chi connectivity index (χ3n) is 5.07. The monoisotopic (exact) mass is 382 g/mol. The average molecular weight is 382 g/mol. The second kappa shape index (κ2) is 7.76. The van der Waals surface area contributed by atoms with Crippen molar-refractivity contribution in [2.45, 2.75) is 20.4 Å². The number of nitrogens with zero attached hydrogens (tertiary/aromatic N) is 1. The third-order valence-corrected chi connectivity index (χ3v) is 5.07. The molecule has 1 heterocycles. The van der Waals surface area contributed by atoms with Crippen LogP contribution in [0, 0.1) is 13.8 Å². The van der Waals surface area contributed by atoms with Gasteiger partial charge in [-0.2, -0.15) is 0 Å². The number of fused-ring (bicyclic) bond motifs is 1. The number of benzene rings is 3. The largest absolute Gasteiger partial charge is 0.321 e. The summed E-state index contributed by atoms with van der Waals surface area (Å²) in [6, 6.07) is 24.7. The molecule has 0 bridgehead atoms. The van der Waals surface area contributed by atoms with Crippen LogP contribution in [0.1, 0.15) is 27.0 Å². The highest BCUT2D eigenvalue weighted by molar-refractivity contribution is 6.06. The van der Waals surface area contributed by atoms with Gasteiger partial charge in [0.15, 0.2) is 0 Å². The molecular formula is C25H22N2O2. The van der Waals surface area contributed by atoms with Crippen LogP contribution in [0.15, 0.2) is 83.7 Å². The van der Waals surface area contributed by atoms with Crippen molar-refractivity contribution in [3.8, 4) is 0 Å². The number of hydrogen-bond donors (Lipinski definition) is 1. The molecule has 3 aromatic carbocycles. The van der Waals surface area contributed by atoms with Crippen molar-refractivity contribution >= 4 is 22.5 Å². The second-order valence-corrected chi connectivity index (χ2v) is 7.26. The van der Waals surface area contributed by atoms with Crippen LogP contribution in [0.4, 0.5) is 5.69 Å². The van der Waals surface area contributed by atoms with Gasteiger partial charge >= 0.3 is 0 Å². The maximum atomic E-state index is 13.3. The lowest BCUT2D eigenvalue weighted by Crippen LogP contribution is -2.33. The second-order valence-electron chi connectivity index (χ2n) is 7.26. The molecule has 1 N–H and O–H groups in total. The van der Waals surface area contributed by atoms with Gasteiger partial charge in [-0.25, -0.2) is 0 Å². The molecule has 29 heavy (non-hydrogen) atoms. The van der Waals surface area contributed by atoms with E-state index in [0.717, 1.165) is 27.7 Å². The molecule has 0 aliphatic carbocycles. The van der Waals surface area contributed by atoms with Gasteiger partial charge in [0.1, 0.15) is 0 Å². The zero-order valence-electron chi connectivity index (χ0n) is 16.5. The summed E-state index contributed by atoms with van der Waals surface area (Å²) in [7, 11) is 0. The van der Waals surface area contributed by atoms with Crippen molar-refractivity contribution in [1.82, 2.24) is 4.98 Å². The fourth-order valence-electron chi connectivity index (χ4n) is 3.54. The molecule has 0 fully saturated rings. The predicted molar refractivity (Wildman–Crippen MR) is 117 cm³/mol. The van der Waals surface area contributed by atoms with Crippen molar-refractivity contribution in [2.75, 3.05) is 4.90 Å². The molecule has 0 radical (unpaired) electrons. The van der Waals surface area contributed by atoms with Crippen LogP contribution in [0.2, 0.25) is 0 Å². The Hall–Kier alpha value is -3.66. The van der Waals surface area contributed by atoms with Gasteiger partial charge < -0.3 is 9.88 Å². The Morgan fingerprint density at radius 2 is 1.66 bits per heavy atom. The van der Waals surface area contributed by atoms with Crippen LogP contribution in [0.3, 0.4) is 0 Å². The van der Waals surface area contributed by atoms with Gasteiger partial charge in [0.05, 0.1) is 12.1 Å². The molecule has 0 atom stereocenters. The number of pyridine rings is 1. The summed E-state index contributed by atoms with van der Waals surface area (Å²) < 4.78 is 0. The molecule has 0 unspecified atom stereocenters. The molecule has 4 heteroatoms. The Bertz CT molecular complexity index is 1240. The van der Waals surface area contributed by atoms with Gasteiger partial charge in [0.25, 0.3) is 11.5 Å². The lowest BCUT2D eigenvalue weighted by Gasteiger charge is -2.23. The first kappa shape index (κ1) is 18.7. The van der Waals surface area contributed by atoms with Crippen LogP contribution in [0.5, 0.6) is 0 Å². The number of aromatic amines is 1. The number of hydrogen-bond acceptors (Lipinski definition) is 2. The SMILES string of the molecule is Cc1cccc(C(=O)N(Cc2cc3cccc(C)c3[nH]c2=O)c2ccccc2)c1. The van der Waals surface area contributed by atoms with Gasteiger partial charge in [-0.3, -0.25) is 9.59 Å². The highest BCUT2D eigenvalue weighted by Gasteiger charge is 2.20. The van der Waals surface area contributed by atoms with Crippen LogP contribution in [-0.2, 0) is 6.54 Å². The topological polar surface area (TPSA) is 53.2 Å². The zero-order valence-corrected chi connectivity index (χ0v) is 16.5. The molecule has 0 saturated heterocycles. The molecule has 0 aliphatic rings. The van der Waals surface area contributed by atoms with Crippen LogP contribution >= 0.6 is 0 Å². The molecule has 0 saturated carbocycles. The first-order valence-electron chi connectivity index (χ1n) is 9.58. The fraction of sp³-hybridized carbons (Fsp3) is 0.120. The van der Waals surface area contributed by atoms with E-state index in [9.17, 15) is 9.59 Å². The van der Waals surface area contributed by atoms with Crippen molar-refractivity contribution in [3.05, 3.63) is 111 Å². The van der Waals surface area contributed by atoms with E-state index in [0.29, 0.717) is 11.1 Å². The normalized spacial score (nSPS) is 10.8. The minimum absolute atomic E-state index is 0.136. The highest BCUT2D eigenvalue weighted by Crippen LogP contribution is 2.21. The lowest BCUT2D eigenvalue weighted by atomic mass is 10.1. The molecule has 0 spiro atoms. The summed E-state index contributed by atoms with van der Waals surface area (Å²) in [6.45, 7) is 4.12. The van der Waals surface area contributed by atoms with E-state index in [4.69, 9.17) is 0 Å². The van der Waals surface area contributed by atoms with Gasteiger partial charge in [0, 0.05) is 16.8 Å².